The van der Waals surface area contributed by atoms with Gasteiger partial charge in [0.1, 0.15) is 5.75 Å². The Kier molecular flexibility index (Phi) is 2.41. The van der Waals surface area contributed by atoms with Crippen molar-refractivity contribution in [3.8, 4) is 11.4 Å². The number of benzene rings is 2. The number of phenols is 1. The molecule has 3 aromatic rings. The minimum absolute atomic E-state index is 0.297. The Morgan fingerprint density at radius 3 is 2.47 bits per heavy atom. The molecule has 0 aliphatic carbocycles. The van der Waals surface area contributed by atoms with Crippen LogP contribution < -0.4 is 0 Å². The van der Waals surface area contributed by atoms with Gasteiger partial charge in [-0.2, -0.15) is 0 Å². The van der Waals surface area contributed by atoms with Crippen LogP contribution in [-0.2, 0) is 0 Å². The molecule has 0 aliphatic rings. The average Bonchev–Trinajstić information content (AvgIpc) is 2.73. The van der Waals surface area contributed by atoms with Gasteiger partial charge in [0.2, 0.25) is 0 Å². The zero-order valence-electron chi connectivity index (χ0n) is 8.97. The number of aromatic hydroxyl groups is 1. The van der Waals surface area contributed by atoms with Gasteiger partial charge in [-0.3, -0.25) is 0 Å². The largest absolute Gasteiger partial charge is 0.508 e. The quantitative estimate of drug-likeness (QED) is 0.716. The first kappa shape index (κ1) is 10.4. The second kappa shape index (κ2) is 3.93. The molecule has 0 unspecified atom stereocenters. The molecular formula is C14H10BrNO. The van der Waals surface area contributed by atoms with Gasteiger partial charge in [-0.1, -0.05) is 15.9 Å². The Labute approximate surface area is 107 Å². The number of phenolic OH excluding ortho intramolecular Hbond substituents is 1. The van der Waals surface area contributed by atoms with Gasteiger partial charge < -0.3 is 9.67 Å². The number of rotatable bonds is 1. The second-order valence-corrected chi connectivity index (χ2v) is 4.82. The molecule has 0 bridgehead atoms. The van der Waals surface area contributed by atoms with Crippen molar-refractivity contribution in [2.24, 2.45) is 0 Å². The molecule has 84 valence electrons. The lowest BCUT2D eigenvalue weighted by Gasteiger charge is -2.05. The van der Waals surface area contributed by atoms with Crippen molar-refractivity contribution in [2.45, 2.75) is 0 Å². The van der Waals surface area contributed by atoms with Crippen molar-refractivity contribution in [3.63, 3.8) is 0 Å². The van der Waals surface area contributed by atoms with Gasteiger partial charge in [0, 0.05) is 21.7 Å². The summed E-state index contributed by atoms with van der Waals surface area (Å²) in [5.74, 6) is 0.297. The van der Waals surface area contributed by atoms with Crippen molar-refractivity contribution < 1.29 is 5.11 Å². The molecule has 0 radical (unpaired) electrons. The Balaban J connectivity index is 2.21. The van der Waals surface area contributed by atoms with E-state index >= 15 is 0 Å². The van der Waals surface area contributed by atoms with E-state index in [1.807, 2.05) is 30.5 Å². The first-order valence-electron chi connectivity index (χ1n) is 5.30. The van der Waals surface area contributed by atoms with Crippen LogP contribution in [0.4, 0.5) is 0 Å². The summed E-state index contributed by atoms with van der Waals surface area (Å²) in [6.07, 6.45) is 2.01. The molecule has 0 fully saturated rings. The predicted molar refractivity (Wildman–Crippen MR) is 72.6 cm³/mol. The smallest absolute Gasteiger partial charge is 0.116 e. The third-order valence-corrected chi connectivity index (χ3v) is 3.31. The van der Waals surface area contributed by atoms with Gasteiger partial charge in [0.15, 0.2) is 0 Å². The number of nitrogens with zero attached hydrogens (tertiary/aromatic N) is 1. The highest BCUT2D eigenvalue weighted by molar-refractivity contribution is 9.10. The van der Waals surface area contributed by atoms with Gasteiger partial charge in [-0.25, -0.2) is 0 Å². The number of hydrogen-bond donors (Lipinski definition) is 1. The van der Waals surface area contributed by atoms with Crippen LogP contribution in [0, 0.1) is 0 Å². The van der Waals surface area contributed by atoms with Crippen molar-refractivity contribution in [1.82, 2.24) is 4.57 Å². The van der Waals surface area contributed by atoms with E-state index in [0.717, 1.165) is 21.1 Å². The van der Waals surface area contributed by atoms with E-state index < -0.39 is 0 Å². The first-order chi connectivity index (χ1) is 8.24. The molecule has 0 saturated carbocycles. The summed E-state index contributed by atoms with van der Waals surface area (Å²) < 4.78 is 3.16. The van der Waals surface area contributed by atoms with Crippen LogP contribution in [0.3, 0.4) is 0 Å². The van der Waals surface area contributed by atoms with Crippen molar-refractivity contribution in [1.29, 1.82) is 0 Å². The summed E-state index contributed by atoms with van der Waals surface area (Å²) in [4.78, 5) is 0. The van der Waals surface area contributed by atoms with Crippen LogP contribution in [0.2, 0.25) is 0 Å². The van der Waals surface area contributed by atoms with Crippen molar-refractivity contribution >= 4 is 26.8 Å². The van der Waals surface area contributed by atoms with Crippen LogP contribution in [-0.4, -0.2) is 9.67 Å². The second-order valence-electron chi connectivity index (χ2n) is 3.91. The first-order valence-corrected chi connectivity index (χ1v) is 6.09. The molecule has 3 heteroatoms. The SMILES string of the molecule is Oc1ccc2c(ccn2-c2ccc(Br)cc2)c1. The molecule has 0 saturated heterocycles. The van der Waals surface area contributed by atoms with E-state index in [1.54, 1.807) is 12.1 Å². The highest BCUT2D eigenvalue weighted by Gasteiger charge is 2.03. The molecule has 17 heavy (non-hydrogen) atoms. The van der Waals surface area contributed by atoms with Gasteiger partial charge in [-0.15, -0.1) is 0 Å². The van der Waals surface area contributed by atoms with Crippen LogP contribution >= 0.6 is 15.9 Å². The van der Waals surface area contributed by atoms with Gasteiger partial charge >= 0.3 is 0 Å². The summed E-state index contributed by atoms with van der Waals surface area (Å²) in [5, 5.41) is 10.5. The zero-order valence-corrected chi connectivity index (χ0v) is 10.6. The van der Waals surface area contributed by atoms with Crippen LogP contribution in [0.5, 0.6) is 5.75 Å². The number of aromatic nitrogens is 1. The lowest BCUT2D eigenvalue weighted by molar-refractivity contribution is 0.476. The van der Waals surface area contributed by atoms with E-state index in [2.05, 4.69) is 32.6 Å². The van der Waals surface area contributed by atoms with Gasteiger partial charge in [0.25, 0.3) is 0 Å². The van der Waals surface area contributed by atoms with E-state index in [1.165, 1.54) is 0 Å². The van der Waals surface area contributed by atoms with Crippen LogP contribution in [0.1, 0.15) is 0 Å². The molecule has 0 atom stereocenters. The molecule has 2 nitrogen and oxygen atoms in total. The van der Waals surface area contributed by atoms with Crippen LogP contribution in [0.15, 0.2) is 59.2 Å². The Morgan fingerprint density at radius 2 is 1.71 bits per heavy atom. The molecule has 0 aliphatic heterocycles. The minimum Gasteiger partial charge on any atom is -0.508 e. The normalized spacial score (nSPS) is 10.9. The predicted octanol–water partition coefficient (Wildman–Crippen LogP) is 4.10. The average molecular weight is 288 g/mol. The molecule has 0 spiro atoms. The van der Waals surface area contributed by atoms with E-state index in [-0.39, 0.29) is 0 Å². The number of hydrogen-bond acceptors (Lipinski definition) is 1. The topological polar surface area (TPSA) is 25.2 Å². The van der Waals surface area contributed by atoms with E-state index in [4.69, 9.17) is 0 Å². The summed E-state index contributed by atoms with van der Waals surface area (Å²) in [5.41, 5.74) is 2.19. The molecule has 1 heterocycles. The van der Waals surface area contributed by atoms with Crippen molar-refractivity contribution in [2.75, 3.05) is 0 Å². The lowest BCUT2D eigenvalue weighted by atomic mass is 10.2. The summed E-state index contributed by atoms with van der Waals surface area (Å²) in [7, 11) is 0. The lowest BCUT2D eigenvalue weighted by Crippen LogP contribution is -1.90. The molecule has 1 N–H and O–H groups in total. The fourth-order valence-corrected chi connectivity index (χ4v) is 2.22. The summed E-state index contributed by atoms with van der Waals surface area (Å²) in [6.45, 7) is 0. The molecule has 2 aromatic carbocycles. The van der Waals surface area contributed by atoms with Crippen molar-refractivity contribution in [3.05, 3.63) is 59.2 Å². The molecule has 3 rings (SSSR count). The minimum atomic E-state index is 0.297. The fourth-order valence-electron chi connectivity index (χ4n) is 1.96. The Bertz CT molecular complexity index is 670. The Hall–Kier alpha value is -1.74. The van der Waals surface area contributed by atoms with Gasteiger partial charge in [0.05, 0.1) is 5.52 Å². The maximum absolute atomic E-state index is 9.43. The Morgan fingerprint density at radius 1 is 0.941 bits per heavy atom. The summed E-state index contributed by atoms with van der Waals surface area (Å²) in [6, 6.07) is 15.5. The van der Waals surface area contributed by atoms with E-state index in [0.29, 0.717) is 5.75 Å². The fraction of sp³-hybridized carbons (Fsp3) is 0. The third-order valence-electron chi connectivity index (χ3n) is 2.78. The maximum Gasteiger partial charge on any atom is 0.116 e. The van der Waals surface area contributed by atoms with Gasteiger partial charge in [-0.05, 0) is 48.5 Å². The van der Waals surface area contributed by atoms with E-state index in [9.17, 15) is 5.11 Å². The molecule has 1 aromatic heterocycles. The summed E-state index contributed by atoms with van der Waals surface area (Å²) >= 11 is 3.43. The number of fused-ring (bicyclic) bond motifs is 1. The highest BCUT2D eigenvalue weighted by Crippen LogP contribution is 2.24. The third kappa shape index (κ3) is 1.83. The highest BCUT2D eigenvalue weighted by atomic mass is 79.9. The standard InChI is InChI=1S/C14H10BrNO/c15-11-1-3-12(4-2-11)16-8-7-10-9-13(17)5-6-14(10)16/h1-9,17H. The zero-order chi connectivity index (χ0) is 11.8. The monoisotopic (exact) mass is 287 g/mol. The maximum atomic E-state index is 9.43. The number of halogens is 1. The van der Waals surface area contributed by atoms with Crippen LogP contribution in [0.25, 0.3) is 16.6 Å². The molecule has 0 amide bonds. The molecular weight excluding hydrogens is 278 g/mol.